The van der Waals surface area contributed by atoms with E-state index in [1.165, 1.54) is 17.6 Å². The molecule has 0 bridgehead atoms. The molecule has 0 saturated heterocycles. The first kappa shape index (κ1) is 21.5. The molecule has 4 aromatic rings. The number of amides is 1. The Bertz CT molecular complexity index is 1220. The molecule has 3 aromatic heterocycles. The van der Waals surface area contributed by atoms with E-state index in [0.29, 0.717) is 22.9 Å². The molecule has 0 radical (unpaired) electrons. The number of aromatic nitrogens is 2. The fraction of sp³-hybridized carbons (Fsp3) is 0.167. The number of pyridine rings is 1. The molecule has 1 aromatic carbocycles. The summed E-state index contributed by atoms with van der Waals surface area (Å²) in [6, 6.07) is 9.29. The molecule has 0 aliphatic carbocycles. The first-order chi connectivity index (χ1) is 15.5. The minimum absolute atomic E-state index is 0.315. The Labute approximate surface area is 190 Å². The van der Waals surface area contributed by atoms with Gasteiger partial charge >= 0.3 is 0 Å². The Morgan fingerprint density at radius 3 is 2.69 bits per heavy atom. The number of nitrogens with one attached hydrogen (secondary N) is 3. The molecule has 162 valence electrons. The lowest BCUT2D eigenvalue weighted by Gasteiger charge is -2.17. The number of thiazole rings is 1. The van der Waals surface area contributed by atoms with Gasteiger partial charge in [-0.2, -0.15) is 0 Å². The molecule has 4 rings (SSSR count). The van der Waals surface area contributed by atoms with Gasteiger partial charge in [-0.3, -0.25) is 9.78 Å². The first-order valence-electron chi connectivity index (χ1n) is 10.2. The van der Waals surface area contributed by atoms with Crippen LogP contribution in [0.3, 0.4) is 0 Å². The lowest BCUT2D eigenvalue weighted by Crippen LogP contribution is -2.14. The smallest absolute Gasteiger partial charge is 0.275 e. The number of hydrogen-bond acceptors (Lipinski definition) is 7. The van der Waals surface area contributed by atoms with Crippen LogP contribution in [0.4, 0.5) is 11.4 Å². The molecule has 1 amide bonds. The number of anilines is 2. The first-order valence-corrected chi connectivity index (χ1v) is 11.1. The zero-order valence-corrected chi connectivity index (χ0v) is 18.6. The van der Waals surface area contributed by atoms with Gasteiger partial charge in [-0.1, -0.05) is 13.8 Å². The van der Waals surface area contributed by atoms with E-state index in [1.807, 2.05) is 24.3 Å². The second kappa shape index (κ2) is 9.57. The number of carbonyl (C=O) groups is 1. The fourth-order valence-corrected chi connectivity index (χ4v) is 3.96. The second-order valence-electron chi connectivity index (χ2n) is 7.64. The number of hydrogen-bond donors (Lipinski definition) is 3. The van der Waals surface area contributed by atoms with Gasteiger partial charge in [0.25, 0.3) is 5.91 Å². The van der Waals surface area contributed by atoms with Crippen LogP contribution >= 0.6 is 11.3 Å². The van der Waals surface area contributed by atoms with Crippen LogP contribution in [0.2, 0.25) is 0 Å². The molecule has 32 heavy (non-hydrogen) atoms. The van der Waals surface area contributed by atoms with Gasteiger partial charge in [0.1, 0.15) is 10.7 Å². The minimum Gasteiger partial charge on any atom is -0.472 e. The van der Waals surface area contributed by atoms with Gasteiger partial charge in [-0.05, 0) is 36.2 Å². The van der Waals surface area contributed by atoms with Crippen molar-refractivity contribution >= 4 is 34.8 Å². The van der Waals surface area contributed by atoms with Crippen LogP contribution in [-0.2, 0) is 0 Å². The van der Waals surface area contributed by atoms with Crippen LogP contribution < -0.4 is 10.6 Å². The maximum Gasteiger partial charge on any atom is 0.275 e. The SMILES string of the molecule is CC(C)CNc1cc(-c2ccoc2)c(NC(=O)c2csc(-c3ccncc3)n2)cc1C=N. The van der Waals surface area contributed by atoms with Crippen molar-refractivity contribution in [2.45, 2.75) is 13.8 Å². The van der Waals surface area contributed by atoms with Crippen LogP contribution in [0.25, 0.3) is 21.7 Å². The van der Waals surface area contributed by atoms with Crippen molar-refractivity contribution in [2.24, 2.45) is 5.92 Å². The fourth-order valence-electron chi connectivity index (χ4n) is 3.15. The molecule has 0 saturated carbocycles. The van der Waals surface area contributed by atoms with Gasteiger partial charge in [0.2, 0.25) is 0 Å². The largest absolute Gasteiger partial charge is 0.472 e. The van der Waals surface area contributed by atoms with Gasteiger partial charge in [0.05, 0.1) is 12.5 Å². The predicted molar refractivity (Wildman–Crippen MR) is 129 cm³/mol. The Balaban J connectivity index is 1.66. The summed E-state index contributed by atoms with van der Waals surface area (Å²) in [5.41, 5.74) is 4.98. The zero-order chi connectivity index (χ0) is 22.5. The highest BCUT2D eigenvalue weighted by Crippen LogP contribution is 2.34. The normalized spacial score (nSPS) is 10.8. The lowest BCUT2D eigenvalue weighted by molar-refractivity contribution is 0.102. The Kier molecular flexibility index (Phi) is 6.42. The van der Waals surface area contributed by atoms with E-state index < -0.39 is 0 Å². The summed E-state index contributed by atoms with van der Waals surface area (Å²) in [4.78, 5) is 21.5. The second-order valence-corrected chi connectivity index (χ2v) is 8.50. The van der Waals surface area contributed by atoms with Crippen molar-refractivity contribution < 1.29 is 9.21 Å². The topological polar surface area (TPSA) is 104 Å². The predicted octanol–water partition coefficient (Wildman–Crippen LogP) is 5.78. The molecule has 3 N–H and O–H groups in total. The highest BCUT2D eigenvalue weighted by Gasteiger charge is 2.17. The third-order valence-corrected chi connectivity index (χ3v) is 5.68. The van der Waals surface area contributed by atoms with Crippen molar-refractivity contribution in [3.05, 3.63) is 71.9 Å². The summed E-state index contributed by atoms with van der Waals surface area (Å²) in [7, 11) is 0. The van der Waals surface area contributed by atoms with Crippen molar-refractivity contribution in [2.75, 3.05) is 17.2 Å². The summed E-state index contributed by atoms with van der Waals surface area (Å²) in [5, 5.41) is 16.7. The van der Waals surface area contributed by atoms with E-state index in [0.717, 1.165) is 33.9 Å². The molecule has 0 spiro atoms. The van der Waals surface area contributed by atoms with Gasteiger partial charge in [0.15, 0.2) is 0 Å². The molecule has 0 fully saturated rings. The van der Waals surface area contributed by atoms with Gasteiger partial charge in [0, 0.05) is 64.2 Å². The summed E-state index contributed by atoms with van der Waals surface area (Å²) < 4.78 is 5.27. The van der Waals surface area contributed by atoms with Crippen molar-refractivity contribution in [1.82, 2.24) is 9.97 Å². The Morgan fingerprint density at radius 2 is 2.00 bits per heavy atom. The van der Waals surface area contributed by atoms with Crippen LogP contribution in [0, 0.1) is 11.3 Å². The minimum atomic E-state index is -0.315. The Hall–Kier alpha value is -3.78. The van der Waals surface area contributed by atoms with Crippen molar-refractivity contribution in [3.63, 3.8) is 0 Å². The molecular formula is C24H23N5O2S. The molecule has 7 nitrogen and oxygen atoms in total. The van der Waals surface area contributed by atoms with Crippen LogP contribution in [-0.4, -0.2) is 28.6 Å². The zero-order valence-electron chi connectivity index (χ0n) is 17.8. The van der Waals surface area contributed by atoms with Gasteiger partial charge < -0.3 is 20.5 Å². The third kappa shape index (κ3) is 4.76. The van der Waals surface area contributed by atoms with E-state index in [-0.39, 0.29) is 5.91 Å². The molecule has 0 unspecified atom stereocenters. The van der Waals surface area contributed by atoms with Crippen molar-refractivity contribution in [3.8, 4) is 21.7 Å². The van der Waals surface area contributed by atoms with E-state index in [1.54, 1.807) is 36.4 Å². The van der Waals surface area contributed by atoms with E-state index in [4.69, 9.17) is 9.83 Å². The molecule has 3 heterocycles. The summed E-state index contributed by atoms with van der Waals surface area (Å²) >= 11 is 1.40. The summed E-state index contributed by atoms with van der Waals surface area (Å²) in [5.74, 6) is 0.134. The number of nitrogens with zero attached hydrogens (tertiary/aromatic N) is 2. The summed E-state index contributed by atoms with van der Waals surface area (Å²) in [6.07, 6.45) is 7.89. The molecular weight excluding hydrogens is 422 g/mol. The standard InChI is InChI=1S/C24H23N5O2S/c1-15(2)12-27-20-10-19(17-5-8-31-13-17)21(9-18(20)11-25)28-23(30)22-14-32-24(29-22)16-3-6-26-7-4-16/h3-11,13-15,25,27H,12H2,1-2H3,(H,28,30). The van der Waals surface area contributed by atoms with Gasteiger partial charge in [-0.15, -0.1) is 11.3 Å². The van der Waals surface area contributed by atoms with Crippen LogP contribution in [0.5, 0.6) is 0 Å². The highest BCUT2D eigenvalue weighted by molar-refractivity contribution is 7.13. The maximum atomic E-state index is 13.0. The summed E-state index contributed by atoms with van der Waals surface area (Å²) in [6.45, 7) is 5.02. The number of furan rings is 1. The molecule has 0 aliphatic heterocycles. The van der Waals surface area contributed by atoms with Gasteiger partial charge in [-0.25, -0.2) is 4.98 Å². The molecule has 8 heteroatoms. The molecule has 0 aliphatic rings. The van der Waals surface area contributed by atoms with E-state index in [9.17, 15) is 4.79 Å². The van der Waals surface area contributed by atoms with Crippen LogP contribution in [0.1, 0.15) is 29.9 Å². The van der Waals surface area contributed by atoms with Crippen molar-refractivity contribution in [1.29, 1.82) is 5.41 Å². The Morgan fingerprint density at radius 1 is 1.19 bits per heavy atom. The lowest BCUT2D eigenvalue weighted by atomic mass is 10.0. The van der Waals surface area contributed by atoms with E-state index >= 15 is 0 Å². The van der Waals surface area contributed by atoms with E-state index in [2.05, 4.69) is 34.4 Å². The van der Waals surface area contributed by atoms with Crippen LogP contribution in [0.15, 0.2) is 65.0 Å². The monoisotopic (exact) mass is 445 g/mol. The number of rotatable bonds is 8. The average molecular weight is 446 g/mol. The average Bonchev–Trinajstić information content (AvgIpc) is 3.51. The number of benzene rings is 1. The molecule has 0 atom stereocenters. The third-order valence-electron chi connectivity index (χ3n) is 4.79. The quantitative estimate of drug-likeness (QED) is 0.298. The number of carbonyl (C=O) groups excluding carboxylic acids is 1. The highest BCUT2D eigenvalue weighted by atomic mass is 32.1. The maximum absolute atomic E-state index is 13.0.